The second-order valence-electron chi connectivity index (χ2n) is 6.91. The van der Waals surface area contributed by atoms with E-state index in [4.69, 9.17) is 4.74 Å². The predicted molar refractivity (Wildman–Crippen MR) is 80.1 cm³/mol. The van der Waals surface area contributed by atoms with Crippen molar-refractivity contribution < 1.29 is 14.3 Å². The van der Waals surface area contributed by atoms with Crippen LogP contribution in [0.2, 0.25) is 0 Å². The molecule has 1 N–H and O–H groups in total. The summed E-state index contributed by atoms with van der Waals surface area (Å²) in [7, 11) is 0. The number of carbonyl (C=O) groups excluding carboxylic acids is 2. The SMILES string of the molecule is CCC1CN(C2CCN(C(=O)OC(C)(C)C)CC2)C(=O)N1. The Morgan fingerprint density at radius 3 is 2.43 bits per heavy atom. The third-order valence-electron chi connectivity index (χ3n) is 4.06. The predicted octanol–water partition coefficient (Wildman–Crippen LogP) is 2.19. The summed E-state index contributed by atoms with van der Waals surface area (Å²) in [5.74, 6) is 0. The van der Waals surface area contributed by atoms with Gasteiger partial charge in [-0.05, 0) is 40.0 Å². The van der Waals surface area contributed by atoms with Crippen molar-refractivity contribution in [1.82, 2.24) is 15.1 Å². The molecule has 2 fully saturated rings. The molecule has 6 heteroatoms. The third kappa shape index (κ3) is 4.02. The maximum absolute atomic E-state index is 12.0. The number of hydrogen-bond donors (Lipinski definition) is 1. The van der Waals surface area contributed by atoms with Crippen molar-refractivity contribution in [2.75, 3.05) is 19.6 Å². The molecule has 2 saturated heterocycles. The fourth-order valence-corrected chi connectivity index (χ4v) is 2.86. The van der Waals surface area contributed by atoms with Gasteiger partial charge in [-0.1, -0.05) is 6.92 Å². The van der Waals surface area contributed by atoms with Crippen LogP contribution in [0.1, 0.15) is 47.0 Å². The van der Waals surface area contributed by atoms with Crippen LogP contribution in [0.5, 0.6) is 0 Å². The average molecular weight is 297 g/mol. The molecule has 0 aromatic heterocycles. The van der Waals surface area contributed by atoms with Gasteiger partial charge in [0, 0.05) is 31.7 Å². The van der Waals surface area contributed by atoms with Crippen LogP contribution in [0.25, 0.3) is 0 Å². The molecule has 1 atom stereocenters. The van der Waals surface area contributed by atoms with Crippen molar-refractivity contribution in [2.45, 2.75) is 64.6 Å². The monoisotopic (exact) mass is 297 g/mol. The van der Waals surface area contributed by atoms with Crippen LogP contribution in [-0.4, -0.2) is 59.2 Å². The third-order valence-corrected chi connectivity index (χ3v) is 4.06. The minimum atomic E-state index is -0.461. The van der Waals surface area contributed by atoms with E-state index >= 15 is 0 Å². The molecular formula is C15H27N3O3. The lowest BCUT2D eigenvalue weighted by Gasteiger charge is -2.36. The summed E-state index contributed by atoms with van der Waals surface area (Å²) in [6.45, 7) is 9.79. The van der Waals surface area contributed by atoms with Gasteiger partial charge in [0.2, 0.25) is 0 Å². The summed E-state index contributed by atoms with van der Waals surface area (Å²) in [4.78, 5) is 27.6. The fraction of sp³-hybridized carbons (Fsp3) is 0.867. The average Bonchev–Trinajstić information content (AvgIpc) is 2.78. The number of carbonyl (C=O) groups is 2. The van der Waals surface area contributed by atoms with Crippen LogP contribution in [0, 0.1) is 0 Å². The summed E-state index contributed by atoms with van der Waals surface area (Å²) in [5.41, 5.74) is -0.461. The lowest BCUT2D eigenvalue weighted by Crippen LogP contribution is -2.48. The van der Waals surface area contributed by atoms with E-state index < -0.39 is 5.60 Å². The Morgan fingerprint density at radius 1 is 1.33 bits per heavy atom. The highest BCUT2D eigenvalue weighted by Gasteiger charge is 2.36. The standard InChI is InChI=1S/C15H27N3O3/c1-5-11-10-18(13(19)16-11)12-6-8-17(9-7-12)14(20)21-15(2,3)4/h11-12H,5-10H2,1-4H3,(H,16,19). The molecule has 21 heavy (non-hydrogen) atoms. The molecule has 0 aromatic rings. The Labute approximate surface area is 126 Å². The minimum Gasteiger partial charge on any atom is -0.444 e. The van der Waals surface area contributed by atoms with E-state index in [9.17, 15) is 9.59 Å². The Kier molecular flexibility index (Phi) is 4.64. The van der Waals surface area contributed by atoms with Gasteiger partial charge >= 0.3 is 12.1 Å². The molecule has 0 spiro atoms. The van der Waals surface area contributed by atoms with E-state index in [2.05, 4.69) is 12.2 Å². The van der Waals surface area contributed by atoms with Gasteiger partial charge in [-0.2, -0.15) is 0 Å². The van der Waals surface area contributed by atoms with Crippen LogP contribution in [0.15, 0.2) is 0 Å². The van der Waals surface area contributed by atoms with E-state index in [0.717, 1.165) is 25.8 Å². The molecule has 2 heterocycles. The van der Waals surface area contributed by atoms with Gasteiger partial charge in [0.05, 0.1) is 0 Å². The van der Waals surface area contributed by atoms with Crippen LogP contribution in [0.4, 0.5) is 9.59 Å². The molecule has 6 nitrogen and oxygen atoms in total. The highest BCUT2D eigenvalue weighted by atomic mass is 16.6. The Balaban J connectivity index is 1.83. The lowest BCUT2D eigenvalue weighted by molar-refractivity contribution is 0.0170. The van der Waals surface area contributed by atoms with Crippen molar-refractivity contribution in [3.05, 3.63) is 0 Å². The number of amides is 3. The first-order chi connectivity index (χ1) is 9.80. The molecular weight excluding hydrogens is 270 g/mol. The number of nitrogens with zero attached hydrogens (tertiary/aromatic N) is 2. The highest BCUT2D eigenvalue weighted by Crippen LogP contribution is 2.22. The molecule has 120 valence electrons. The van der Waals surface area contributed by atoms with Crippen molar-refractivity contribution in [1.29, 1.82) is 0 Å². The summed E-state index contributed by atoms with van der Waals surface area (Å²) in [6, 6.07) is 0.541. The second-order valence-corrected chi connectivity index (χ2v) is 6.91. The normalized spacial score (nSPS) is 24.2. The number of rotatable bonds is 2. The minimum absolute atomic E-state index is 0.0394. The van der Waals surface area contributed by atoms with Crippen LogP contribution in [0.3, 0.4) is 0 Å². The van der Waals surface area contributed by atoms with E-state index in [-0.39, 0.29) is 24.2 Å². The van der Waals surface area contributed by atoms with E-state index in [1.165, 1.54) is 0 Å². The second kappa shape index (κ2) is 6.12. The van der Waals surface area contributed by atoms with E-state index in [0.29, 0.717) is 13.1 Å². The largest absolute Gasteiger partial charge is 0.444 e. The van der Waals surface area contributed by atoms with Gasteiger partial charge in [0.25, 0.3) is 0 Å². The molecule has 1 unspecified atom stereocenters. The summed E-state index contributed by atoms with van der Waals surface area (Å²) in [6.07, 6.45) is 2.35. The van der Waals surface area contributed by atoms with Gasteiger partial charge in [-0.3, -0.25) is 0 Å². The van der Waals surface area contributed by atoms with Gasteiger partial charge in [-0.25, -0.2) is 9.59 Å². The maximum atomic E-state index is 12.0. The Hall–Kier alpha value is -1.46. The van der Waals surface area contributed by atoms with Crippen molar-refractivity contribution >= 4 is 12.1 Å². The fourth-order valence-electron chi connectivity index (χ4n) is 2.86. The number of hydrogen-bond acceptors (Lipinski definition) is 3. The van der Waals surface area contributed by atoms with Gasteiger partial charge < -0.3 is 19.9 Å². The number of ether oxygens (including phenoxy) is 1. The topological polar surface area (TPSA) is 61.9 Å². The molecule has 2 aliphatic rings. The molecule has 2 aliphatic heterocycles. The Morgan fingerprint density at radius 2 is 1.95 bits per heavy atom. The first-order valence-electron chi connectivity index (χ1n) is 7.85. The number of urea groups is 1. The first-order valence-corrected chi connectivity index (χ1v) is 7.85. The first kappa shape index (κ1) is 15.9. The van der Waals surface area contributed by atoms with E-state index in [1.807, 2.05) is 25.7 Å². The smallest absolute Gasteiger partial charge is 0.410 e. The van der Waals surface area contributed by atoms with Crippen molar-refractivity contribution in [2.24, 2.45) is 0 Å². The Bertz CT molecular complexity index is 397. The van der Waals surface area contributed by atoms with Crippen LogP contribution in [-0.2, 0) is 4.74 Å². The molecule has 0 radical (unpaired) electrons. The number of likely N-dealkylation sites (tertiary alicyclic amines) is 1. The summed E-state index contributed by atoms with van der Waals surface area (Å²) < 4.78 is 5.39. The van der Waals surface area contributed by atoms with Gasteiger partial charge in [-0.15, -0.1) is 0 Å². The van der Waals surface area contributed by atoms with Crippen molar-refractivity contribution in [3.63, 3.8) is 0 Å². The molecule has 2 rings (SSSR count). The zero-order valence-corrected chi connectivity index (χ0v) is 13.5. The highest BCUT2D eigenvalue weighted by molar-refractivity contribution is 5.77. The van der Waals surface area contributed by atoms with Gasteiger partial charge in [0.15, 0.2) is 0 Å². The molecule has 0 saturated carbocycles. The zero-order valence-electron chi connectivity index (χ0n) is 13.5. The van der Waals surface area contributed by atoms with E-state index in [1.54, 1.807) is 4.90 Å². The lowest BCUT2D eigenvalue weighted by atomic mass is 10.0. The van der Waals surface area contributed by atoms with Crippen LogP contribution < -0.4 is 5.32 Å². The molecule has 0 aromatic carbocycles. The summed E-state index contributed by atoms with van der Waals surface area (Å²) >= 11 is 0. The molecule has 0 bridgehead atoms. The zero-order chi connectivity index (χ0) is 15.6. The maximum Gasteiger partial charge on any atom is 0.410 e. The van der Waals surface area contributed by atoms with Crippen molar-refractivity contribution in [3.8, 4) is 0 Å². The van der Waals surface area contributed by atoms with Gasteiger partial charge in [0.1, 0.15) is 5.60 Å². The molecule has 0 aliphatic carbocycles. The number of nitrogens with one attached hydrogen (secondary N) is 1. The molecule has 3 amide bonds. The van der Waals surface area contributed by atoms with Crippen LogP contribution >= 0.6 is 0 Å². The summed E-state index contributed by atoms with van der Waals surface area (Å²) in [5, 5.41) is 3.00. The quantitative estimate of drug-likeness (QED) is 0.850. The number of piperidine rings is 1.